The van der Waals surface area contributed by atoms with E-state index >= 15 is 0 Å². The number of likely N-dealkylation sites (N-methyl/N-ethyl adjacent to an activating group) is 1. The second kappa shape index (κ2) is 7.40. The van der Waals surface area contributed by atoms with Crippen molar-refractivity contribution in [3.8, 4) is 0 Å². The molecule has 3 rings (SSSR count). The molecule has 0 aromatic rings. The van der Waals surface area contributed by atoms with E-state index in [9.17, 15) is 9.59 Å². The molecule has 3 aliphatic rings. The van der Waals surface area contributed by atoms with Gasteiger partial charge in [-0.15, -0.1) is 0 Å². The van der Waals surface area contributed by atoms with E-state index in [1.165, 1.54) is 0 Å². The van der Waals surface area contributed by atoms with E-state index in [0.717, 1.165) is 45.4 Å². The molecular weight excluding hydrogens is 304 g/mol. The Hall–Kier alpha value is -1.14. The number of piperidine rings is 1. The first kappa shape index (κ1) is 17.7. The number of nitrogens with zero attached hydrogens (tertiary/aromatic N) is 3. The van der Waals surface area contributed by atoms with Gasteiger partial charge in [0.2, 0.25) is 11.8 Å². The summed E-state index contributed by atoms with van der Waals surface area (Å²) >= 11 is 0. The van der Waals surface area contributed by atoms with Gasteiger partial charge in [0.05, 0.1) is 6.54 Å². The molecule has 0 radical (unpaired) electrons. The van der Waals surface area contributed by atoms with Crippen LogP contribution in [0.15, 0.2) is 0 Å². The average molecular weight is 336 g/mol. The van der Waals surface area contributed by atoms with E-state index < -0.39 is 0 Å². The minimum atomic E-state index is 0.201. The highest BCUT2D eigenvalue weighted by Gasteiger charge is 2.58. The van der Waals surface area contributed by atoms with Crippen LogP contribution in [-0.2, 0) is 9.59 Å². The largest absolute Gasteiger partial charge is 0.339 e. The predicted octanol–water partition coefficient (Wildman–Crippen LogP) is 0.389. The van der Waals surface area contributed by atoms with Crippen molar-refractivity contribution in [2.75, 3.05) is 58.9 Å². The first-order valence-electron chi connectivity index (χ1n) is 9.59. The Morgan fingerprint density at radius 3 is 2.21 bits per heavy atom. The second-order valence-electron chi connectivity index (χ2n) is 7.54. The van der Waals surface area contributed by atoms with Crippen molar-refractivity contribution in [1.29, 1.82) is 0 Å². The molecule has 1 saturated carbocycles. The lowest BCUT2D eigenvalue weighted by Gasteiger charge is -2.36. The molecular formula is C18H32N4O2. The second-order valence-corrected chi connectivity index (χ2v) is 7.54. The van der Waals surface area contributed by atoms with Gasteiger partial charge in [0.15, 0.2) is 0 Å². The van der Waals surface area contributed by atoms with E-state index in [1.807, 2.05) is 9.80 Å². The van der Waals surface area contributed by atoms with Gasteiger partial charge in [-0.1, -0.05) is 13.8 Å². The van der Waals surface area contributed by atoms with Crippen molar-refractivity contribution >= 4 is 11.8 Å². The molecule has 24 heavy (non-hydrogen) atoms. The zero-order chi connectivity index (χ0) is 17.2. The Balaban J connectivity index is 1.45. The lowest BCUT2D eigenvalue weighted by atomic mass is 9.91. The van der Waals surface area contributed by atoms with Crippen LogP contribution in [0.4, 0.5) is 0 Å². The van der Waals surface area contributed by atoms with Gasteiger partial charge in [0.1, 0.15) is 0 Å². The summed E-state index contributed by atoms with van der Waals surface area (Å²) in [6.45, 7) is 11.4. The van der Waals surface area contributed by atoms with Crippen LogP contribution >= 0.6 is 0 Å². The number of rotatable bonds is 5. The average Bonchev–Trinajstić information content (AvgIpc) is 3.32. The van der Waals surface area contributed by atoms with Gasteiger partial charge in [0.25, 0.3) is 0 Å². The fourth-order valence-corrected chi connectivity index (χ4v) is 4.31. The molecule has 2 amide bonds. The molecule has 1 unspecified atom stereocenters. The van der Waals surface area contributed by atoms with Crippen LogP contribution in [0, 0.1) is 11.3 Å². The van der Waals surface area contributed by atoms with Crippen LogP contribution in [0.5, 0.6) is 0 Å². The van der Waals surface area contributed by atoms with Crippen molar-refractivity contribution in [2.45, 2.75) is 33.1 Å². The summed E-state index contributed by atoms with van der Waals surface area (Å²) in [6.07, 6.45) is 3.37. The summed E-state index contributed by atoms with van der Waals surface area (Å²) < 4.78 is 0. The molecule has 0 bridgehead atoms. The van der Waals surface area contributed by atoms with E-state index in [-0.39, 0.29) is 11.8 Å². The number of hydrogen-bond donors (Lipinski definition) is 1. The van der Waals surface area contributed by atoms with E-state index in [0.29, 0.717) is 44.0 Å². The topological polar surface area (TPSA) is 55.9 Å². The number of carbonyl (C=O) groups is 2. The van der Waals surface area contributed by atoms with Gasteiger partial charge in [0, 0.05) is 32.1 Å². The fourth-order valence-electron chi connectivity index (χ4n) is 4.31. The molecule has 136 valence electrons. The Morgan fingerprint density at radius 1 is 1.04 bits per heavy atom. The maximum atomic E-state index is 12.8. The maximum absolute atomic E-state index is 12.8. The number of nitrogens with one attached hydrogen (secondary N) is 1. The van der Waals surface area contributed by atoms with Gasteiger partial charge in [-0.05, 0) is 50.9 Å². The lowest BCUT2D eigenvalue weighted by molar-refractivity contribution is -0.141. The van der Waals surface area contributed by atoms with Gasteiger partial charge in [-0.2, -0.15) is 0 Å². The van der Waals surface area contributed by atoms with Gasteiger partial charge in [-0.25, -0.2) is 0 Å². The Labute approximate surface area is 145 Å². The van der Waals surface area contributed by atoms with Crippen molar-refractivity contribution in [3.63, 3.8) is 0 Å². The SMILES string of the molecule is CCN(CC)CC(=O)N1CCN(C(=O)C2CC23CCNCC3)CC1. The van der Waals surface area contributed by atoms with Gasteiger partial charge in [-0.3, -0.25) is 14.5 Å². The van der Waals surface area contributed by atoms with Crippen molar-refractivity contribution in [3.05, 3.63) is 0 Å². The number of hydrogen-bond acceptors (Lipinski definition) is 4. The monoisotopic (exact) mass is 336 g/mol. The molecule has 0 aromatic carbocycles. The molecule has 2 aliphatic heterocycles. The van der Waals surface area contributed by atoms with Crippen LogP contribution in [0.2, 0.25) is 0 Å². The fraction of sp³-hybridized carbons (Fsp3) is 0.889. The molecule has 6 heteroatoms. The molecule has 1 atom stereocenters. The quantitative estimate of drug-likeness (QED) is 0.789. The zero-order valence-corrected chi connectivity index (χ0v) is 15.2. The van der Waals surface area contributed by atoms with Crippen molar-refractivity contribution in [1.82, 2.24) is 20.0 Å². The van der Waals surface area contributed by atoms with Crippen LogP contribution < -0.4 is 5.32 Å². The van der Waals surface area contributed by atoms with Crippen LogP contribution in [0.1, 0.15) is 33.1 Å². The summed E-state index contributed by atoms with van der Waals surface area (Å²) in [5.74, 6) is 0.789. The normalized spacial score (nSPS) is 26.0. The third-order valence-electron chi connectivity index (χ3n) is 6.28. The standard InChI is InChI=1S/C18H32N4O2/c1-3-20(4-2)14-16(23)21-9-11-22(12-10-21)17(24)15-13-18(15)5-7-19-8-6-18/h15,19H,3-14H2,1-2H3. The first-order chi connectivity index (χ1) is 11.6. The molecule has 1 spiro atoms. The number of piperazine rings is 1. The predicted molar refractivity (Wildman–Crippen MR) is 93.6 cm³/mol. The highest BCUT2D eigenvalue weighted by atomic mass is 16.2. The van der Waals surface area contributed by atoms with Gasteiger partial charge >= 0.3 is 0 Å². The Morgan fingerprint density at radius 2 is 1.62 bits per heavy atom. The first-order valence-corrected chi connectivity index (χ1v) is 9.59. The Kier molecular flexibility index (Phi) is 5.45. The minimum Gasteiger partial charge on any atom is -0.339 e. The van der Waals surface area contributed by atoms with Gasteiger partial charge < -0.3 is 15.1 Å². The summed E-state index contributed by atoms with van der Waals surface area (Å²) in [5, 5.41) is 3.39. The molecule has 2 saturated heterocycles. The molecule has 0 aromatic heterocycles. The number of amides is 2. The Bertz CT molecular complexity index is 464. The van der Waals surface area contributed by atoms with Crippen molar-refractivity contribution in [2.24, 2.45) is 11.3 Å². The summed E-state index contributed by atoms with van der Waals surface area (Å²) in [4.78, 5) is 31.2. The van der Waals surface area contributed by atoms with E-state index in [1.54, 1.807) is 0 Å². The maximum Gasteiger partial charge on any atom is 0.236 e. The summed E-state index contributed by atoms with van der Waals surface area (Å²) in [5.41, 5.74) is 0.304. The molecule has 1 N–H and O–H groups in total. The molecule has 1 aliphatic carbocycles. The lowest BCUT2D eigenvalue weighted by Crippen LogP contribution is -2.53. The number of carbonyl (C=O) groups excluding carboxylic acids is 2. The molecule has 3 fully saturated rings. The van der Waals surface area contributed by atoms with E-state index in [2.05, 4.69) is 24.1 Å². The minimum absolute atomic E-state index is 0.201. The molecule has 6 nitrogen and oxygen atoms in total. The van der Waals surface area contributed by atoms with Crippen molar-refractivity contribution < 1.29 is 9.59 Å². The van der Waals surface area contributed by atoms with E-state index in [4.69, 9.17) is 0 Å². The smallest absolute Gasteiger partial charge is 0.236 e. The highest BCUT2D eigenvalue weighted by Crippen LogP contribution is 2.59. The molecule has 2 heterocycles. The van der Waals surface area contributed by atoms with Crippen LogP contribution in [0.25, 0.3) is 0 Å². The third-order valence-corrected chi connectivity index (χ3v) is 6.28. The summed E-state index contributed by atoms with van der Waals surface area (Å²) in [7, 11) is 0. The third kappa shape index (κ3) is 3.59. The highest BCUT2D eigenvalue weighted by molar-refractivity contribution is 5.83. The zero-order valence-electron chi connectivity index (χ0n) is 15.2. The van der Waals surface area contributed by atoms with Crippen LogP contribution in [-0.4, -0.2) is 85.4 Å². The van der Waals surface area contributed by atoms with Crippen LogP contribution in [0.3, 0.4) is 0 Å². The summed E-state index contributed by atoms with van der Waals surface area (Å²) in [6, 6.07) is 0.